The van der Waals surface area contributed by atoms with Gasteiger partial charge in [-0.05, 0) is 44.1 Å². The van der Waals surface area contributed by atoms with E-state index in [1.807, 2.05) is 0 Å². The Morgan fingerprint density at radius 1 is 1.29 bits per heavy atom. The van der Waals surface area contributed by atoms with Gasteiger partial charge < -0.3 is 10.6 Å². The van der Waals surface area contributed by atoms with Crippen molar-refractivity contribution in [1.29, 1.82) is 0 Å². The number of hydrogen-bond acceptors (Lipinski definition) is 2. The number of amides is 1. The molecule has 0 radical (unpaired) electrons. The SMILES string of the molecule is O=C(NC1CC1C1CC1)[C@H]1CCNC1. The van der Waals surface area contributed by atoms with Gasteiger partial charge in [0.1, 0.15) is 0 Å². The molecule has 2 N–H and O–H groups in total. The van der Waals surface area contributed by atoms with Crippen molar-refractivity contribution in [3.05, 3.63) is 0 Å². The van der Waals surface area contributed by atoms with Gasteiger partial charge in [0.15, 0.2) is 0 Å². The summed E-state index contributed by atoms with van der Waals surface area (Å²) in [5.41, 5.74) is 0. The molecule has 1 heterocycles. The molecule has 0 aromatic carbocycles. The maximum Gasteiger partial charge on any atom is 0.224 e. The van der Waals surface area contributed by atoms with E-state index < -0.39 is 0 Å². The molecule has 0 spiro atoms. The first-order valence-electron chi connectivity index (χ1n) is 5.85. The van der Waals surface area contributed by atoms with Gasteiger partial charge in [0.2, 0.25) is 5.91 Å². The fourth-order valence-corrected chi connectivity index (χ4v) is 2.60. The van der Waals surface area contributed by atoms with E-state index in [4.69, 9.17) is 0 Å². The Labute approximate surface area is 84.6 Å². The minimum Gasteiger partial charge on any atom is -0.353 e. The third-order valence-electron chi connectivity index (χ3n) is 3.83. The molecule has 3 fully saturated rings. The van der Waals surface area contributed by atoms with Crippen molar-refractivity contribution in [2.24, 2.45) is 17.8 Å². The maximum atomic E-state index is 11.7. The molecule has 0 aromatic heterocycles. The molecule has 0 bridgehead atoms. The molecule has 3 nitrogen and oxygen atoms in total. The van der Waals surface area contributed by atoms with E-state index in [-0.39, 0.29) is 5.92 Å². The highest BCUT2D eigenvalue weighted by Crippen LogP contribution is 2.50. The standard InChI is InChI=1S/C11H18N2O/c14-11(8-3-4-12-6-8)13-10-5-9(10)7-1-2-7/h7-10,12H,1-6H2,(H,13,14)/t8-,9?,10?/m0/s1. The zero-order valence-corrected chi connectivity index (χ0v) is 8.46. The summed E-state index contributed by atoms with van der Waals surface area (Å²) < 4.78 is 0. The Hall–Kier alpha value is -0.570. The summed E-state index contributed by atoms with van der Waals surface area (Å²) in [6.45, 7) is 1.89. The minimum absolute atomic E-state index is 0.246. The molecule has 3 heteroatoms. The maximum absolute atomic E-state index is 11.7. The summed E-state index contributed by atoms with van der Waals surface area (Å²) in [5, 5.41) is 6.42. The van der Waals surface area contributed by atoms with Crippen LogP contribution in [0.25, 0.3) is 0 Å². The summed E-state index contributed by atoms with van der Waals surface area (Å²) in [6.07, 6.45) is 5.08. The van der Waals surface area contributed by atoms with E-state index in [1.54, 1.807) is 0 Å². The highest BCUT2D eigenvalue weighted by Gasteiger charge is 2.48. The molecule has 2 saturated carbocycles. The Kier molecular flexibility index (Phi) is 2.01. The second-order valence-corrected chi connectivity index (χ2v) is 5.04. The summed E-state index contributed by atoms with van der Waals surface area (Å²) in [7, 11) is 0. The molecule has 0 aromatic rings. The van der Waals surface area contributed by atoms with E-state index in [1.165, 1.54) is 19.3 Å². The van der Waals surface area contributed by atoms with Gasteiger partial charge in [0, 0.05) is 12.6 Å². The first kappa shape index (κ1) is 8.72. The number of nitrogens with one attached hydrogen (secondary N) is 2. The summed E-state index contributed by atoms with van der Waals surface area (Å²) in [6, 6.07) is 0.538. The smallest absolute Gasteiger partial charge is 0.224 e. The zero-order chi connectivity index (χ0) is 9.54. The molecule has 3 aliphatic rings. The van der Waals surface area contributed by atoms with E-state index in [2.05, 4.69) is 10.6 Å². The molecule has 1 aliphatic heterocycles. The predicted octanol–water partition coefficient (Wildman–Crippen LogP) is 0.511. The highest BCUT2D eigenvalue weighted by atomic mass is 16.2. The zero-order valence-electron chi connectivity index (χ0n) is 8.46. The van der Waals surface area contributed by atoms with Gasteiger partial charge in [0.05, 0.1) is 5.92 Å². The lowest BCUT2D eigenvalue weighted by Crippen LogP contribution is -2.34. The lowest BCUT2D eigenvalue weighted by atomic mass is 10.1. The normalized spacial score (nSPS) is 41.0. The van der Waals surface area contributed by atoms with Crippen molar-refractivity contribution < 1.29 is 4.79 Å². The molecular weight excluding hydrogens is 176 g/mol. The summed E-state index contributed by atoms with van der Waals surface area (Å²) in [4.78, 5) is 11.7. The van der Waals surface area contributed by atoms with Crippen LogP contribution in [0.15, 0.2) is 0 Å². The Morgan fingerprint density at radius 2 is 2.14 bits per heavy atom. The van der Waals surface area contributed by atoms with Crippen LogP contribution in [0.1, 0.15) is 25.7 Å². The second-order valence-electron chi connectivity index (χ2n) is 5.04. The number of carbonyl (C=O) groups excluding carboxylic acids is 1. The Bertz CT molecular complexity index is 244. The van der Waals surface area contributed by atoms with Gasteiger partial charge in [-0.25, -0.2) is 0 Å². The molecule has 1 saturated heterocycles. The first-order valence-corrected chi connectivity index (χ1v) is 5.85. The fourth-order valence-electron chi connectivity index (χ4n) is 2.60. The second kappa shape index (κ2) is 3.23. The fraction of sp³-hybridized carbons (Fsp3) is 0.909. The molecule has 3 rings (SSSR count). The van der Waals surface area contributed by atoms with Crippen LogP contribution in [0, 0.1) is 17.8 Å². The van der Waals surface area contributed by atoms with Gasteiger partial charge in [-0.15, -0.1) is 0 Å². The molecule has 14 heavy (non-hydrogen) atoms. The third-order valence-corrected chi connectivity index (χ3v) is 3.83. The van der Waals surface area contributed by atoms with Crippen molar-refractivity contribution in [1.82, 2.24) is 10.6 Å². The van der Waals surface area contributed by atoms with Crippen LogP contribution in [0.4, 0.5) is 0 Å². The van der Waals surface area contributed by atoms with Crippen LogP contribution in [0.5, 0.6) is 0 Å². The molecule has 78 valence electrons. The van der Waals surface area contributed by atoms with Gasteiger partial charge >= 0.3 is 0 Å². The first-order chi connectivity index (χ1) is 6.84. The monoisotopic (exact) mass is 194 g/mol. The topological polar surface area (TPSA) is 41.1 Å². The third kappa shape index (κ3) is 1.65. The molecule has 3 atom stereocenters. The number of carbonyl (C=O) groups is 1. The molecule has 2 aliphatic carbocycles. The summed E-state index contributed by atoms with van der Waals surface area (Å²) in [5.74, 6) is 2.34. The van der Waals surface area contributed by atoms with Crippen molar-refractivity contribution in [2.45, 2.75) is 31.7 Å². The van der Waals surface area contributed by atoms with Crippen LogP contribution in [-0.4, -0.2) is 25.0 Å². The average Bonchev–Trinajstić information content (AvgIpc) is 3.06. The lowest BCUT2D eigenvalue weighted by molar-refractivity contribution is -0.124. The van der Waals surface area contributed by atoms with Crippen molar-refractivity contribution in [2.75, 3.05) is 13.1 Å². The van der Waals surface area contributed by atoms with E-state index in [0.717, 1.165) is 31.3 Å². The van der Waals surface area contributed by atoms with E-state index in [0.29, 0.717) is 11.9 Å². The predicted molar refractivity (Wildman–Crippen MR) is 53.7 cm³/mol. The Balaban J connectivity index is 1.45. The quantitative estimate of drug-likeness (QED) is 0.687. The van der Waals surface area contributed by atoms with Crippen molar-refractivity contribution >= 4 is 5.91 Å². The lowest BCUT2D eigenvalue weighted by Gasteiger charge is -2.09. The molecular formula is C11H18N2O. The largest absolute Gasteiger partial charge is 0.353 e. The minimum atomic E-state index is 0.246. The Morgan fingerprint density at radius 3 is 2.79 bits per heavy atom. The van der Waals surface area contributed by atoms with Crippen LogP contribution >= 0.6 is 0 Å². The summed E-state index contributed by atoms with van der Waals surface area (Å²) >= 11 is 0. The van der Waals surface area contributed by atoms with Gasteiger partial charge in [-0.3, -0.25) is 4.79 Å². The van der Waals surface area contributed by atoms with Crippen LogP contribution < -0.4 is 10.6 Å². The number of hydrogen-bond donors (Lipinski definition) is 2. The van der Waals surface area contributed by atoms with Gasteiger partial charge in [-0.2, -0.15) is 0 Å². The number of rotatable bonds is 3. The van der Waals surface area contributed by atoms with Crippen LogP contribution in [0.2, 0.25) is 0 Å². The van der Waals surface area contributed by atoms with Crippen molar-refractivity contribution in [3.8, 4) is 0 Å². The van der Waals surface area contributed by atoms with Gasteiger partial charge in [0.25, 0.3) is 0 Å². The van der Waals surface area contributed by atoms with Crippen LogP contribution in [0.3, 0.4) is 0 Å². The van der Waals surface area contributed by atoms with Gasteiger partial charge in [-0.1, -0.05) is 0 Å². The highest BCUT2D eigenvalue weighted by molar-refractivity contribution is 5.79. The van der Waals surface area contributed by atoms with Crippen molar-refractivity contribution in [3.63, 3.8) is 0 Å². The average molecular weight is 194 g/mol. The van der Waals surface area contributed by atoms with E-state index >= 15 is 0 Å². The van der Waals surface area contributed by atoms with Crippen LogP contribution in [-0.2, 0) is 4.79 Å². The molecule has 2 unspecified atom stereocenters. The molecule has 1 amide bonds. The van der Waals surface area contributed by atoms with E-state index in [9.17, 15) is 4.79 Å².